The van der Waals surface area contributed by atoms with E-state index in [-0.39, 0.29) is 35.2 Å². The number of halogens is 2. The van der Waals surface area contributed by atoms with Gasteiger partial charge in [-0.05, 0) is 75.4 Å². The van der Waals surface area contributed by atoms with E-state index in [1.807, 2.05) is 12.0 Å². The molecule has 5 aliphatic carbocycles. The first-order valence-corrected chi connectivity index (χ1v) is 15.4. The topological polar surface area (TPSA) is 66.8 Å². The average molecular weight is 550 g/mol. The van der Waals surface area contributed by atoms with Crippen LogP contribution in [0, 0.1) is 40.4 Å². The van der Waals surface area contributed by atoms with Gasteiger partial charge in [-0.3, -0.25) is 14.4 Å². The van der Waals surface area contributed by atoms with Crippen molar-refractivity contribution in [3.63, 3.8) is 0 Å². The molecule has 5 nitrogen and oxygen atoms in total. The normalized spacial score (nSPS) is 51.8. The summed E-state index contributed by atoms with van der Waals surface area (Å²) < 4.78 is 31.2. The molecule has 38 heavy (non-hydrogen) atoms. The van der Waals surface area contributed by atoms with Gasteiger partial charge in [0, 0.05) is 35.3 Å². The molecule has 1 saturated heterocycles. The predicted octanol–water partition coefficient (Wildman–Crippen LogP) is 5.58. The molecule has 8 heteroatoms. The van der Waals surface area contributed by atoms with Crippen LogP contribution >= 0.6 is 11.8 Å². The van der Waals surface area contributed by atoms with Crippen molar-refractivity contribution in [1.82, 2.24) is 5.06 Å². The third kappa shape index (κ3) is 3.26. The lowest BCUT2D eigenvalue weighted by Gasteiger charge is -2.62. The number of ketones is 1. The molecular weight excluding hydrogens is 508 g/mol. The largest absolute Gasteiger partial charge is 0.390 e. The molecule has 11 atom stereocenters. The van der Waals surface area contributed by atoms with Crippen molar-refractivity contribution in [1.29, 1.82) is 0 Å². The zero-order valence-corrected chi connectivity index (χ0v) is 23.7. The number of allylic oxidation sites excluding steroid dienone is 4. The van der Waals surface area contributed by atoms with Crippen molar-refractivity contribution < 1.29 is 28.3 Å². The average Bonchev–Trinajstić information content (AvgIpc) is 3.50. The van der Waals surface area contributed by atoms with E-state index in [4.69, 9.17) is 4.84 Å². The maximum atomic E-state index is 17.5. The summed E-state index contributed by atoms with van der Waals surface area (Å²) in [5, 5.41) is 13.4. The summed E-state index contributed by atoms with van der Waals surface area (Å²) in [6.07, 6.45) is 8.30. The van der Waals surface area contributed by atoms with E-state index < -0.39 is 40.1 Å². The molecule has 0 radical (unpaired) electrons. The summed E-state index contributed by atoms with van der Waals surface area (Å²) in [6.45, 7) is 8.82. The molecule has 210 valence electrons. The molecule has 0 bridgehead atoms. The molecule has 1 N–H and O–H groups in total. The number of nitrogens with zero attached hydrogens (tertiary/aromatic N) is 1. The standard InChI is InChI=1S/C30H41F2NO4S/c1-5-18-10-17(2)24(11-18)33-15-20-13-23-22-7-6-19-12-21(34)8-9-27(19,3)29(22,32)25(35)14-28(23,4)30(20,37-33)26(36)38-16-31/h8-9,12,17-18,20,22-25,35H,5-7,10-11,13-16H2,1-4H3/t17?,18?,20-,22-,23-,24?,25-,27-,28-,29-,30-/m0/s1. The minimum Gasteiger partial charge on any atom is -0.390 e. The first-order valence-electron chi connectivity index (χ1n) is 14.5. The second-order valence-electron chi connectivity index (χ2n) is 13.5. The molecule has 0 aromatic heterocycles. The van der Waals surface area contributed by atoms with E-state index in [0.717, 1.165) is 24.8 Å². The summed E-state index contributed by atoms with van der Waals surface area (Å²) in [5.41, 5.74) is -4.40. The van der Waals surface area contributed by atoms with Crippen LogP contribution in [-0.2, 0) is 14.4 Å². The fourth-order valence-corrected chi connectivity index (χ4v) is 10.8. The molecule has 0 amide bonds. The Morgan fingerprint density at radius 3 is 2.71 bits per heavy atom. The highest BCUT2D eigenvalue weighted by Gasteiger charge is 2.79. The van der Waals surface area contributed by atoms with Gasteiger partial charge in [0.15, 0.2) is 17.1 Å². The van der Waals surface area contributed by atoms with Crippen LogP contribution in [-0.4, -0.2) is 57.0 Å². The predicted molar refractivity (Wildman–Crippen MR) is 142 cm³/mol. The van der Waals surface area contributed by atoms with Crippen LogP contribution in [0.3, 0.4) is 0 Å². The van der Waals surface area contributed by atoms with Gasteiger partial charge >= 0.3 is 0 Å². The molecule has 5 fully saturated rings. The minimum absolute atomic E-state index is 0.0655. The smallest absolute Gasteiger partial charge is 0.226 e. The number of aliphatic hydroxyl groups is 1. The first-order chi connectivity index (χ1) is 18.0. The quantitative estimate of drug-likeness (QED) is 0.494. The van der Waals surface area contributed by atoms with Crippen LogP contribution in [0.1, 0.15) is 72.6 Å². The van der Waals surface area contributed by atoms with E-state index in [9.17, 15) is 19.1 Å². The van der Waals surface area contributed by atoms with Crippen molar-refractivity contribution in [2.24, 2.45) is 40.4 Å². The molecule has 1 heterocycles. The van der Waals surface area contributed by atoms with E-state index in [1.165, 1.54) is 12.2 Å². The number of hydrogen-bond acceptors (Lipinski definition) is 6. The summed E-state index contributed by atoms with van der Waals surface area (Å²) in [5.74, 6) is 0.0500. The fraction of sp³-hybridized carbons (Fsp3) is 0.800. The highest BCUT2D eigenvalue weighted by Crippen LogP contribution is 2.73. The van der Waals surface area contributed by atoms with Crippen molar-refractivity contribution in [2.45, 2.75) is 96.1 Å². The van der Waals surface area contributed by atoms with Crippen LogP contribution in [0.4, 0.5) is 8.78 Å². The number of carbonyl (C=O) groups is 2. The maximum Gasteiger partial charge on any atom is 0.226 e. The summed E-state index contributed by atoms with van der Waals surface area (Å²) in [7, 11) is 0. The molecule has 6 rings (SSSR count). The number of fused-ring (bicyclic) bond motifs is 7. The Morgan fingerprint density at radius 1 is 1.26 bits per heavy atom. The number of alkyl halides is 2. The molecule has 1 aliphatic heterocycles. The van der Waals surface area contributed by atoms with Crippen LogP contribution in [0.2, 0.25) is 0 Å². The van der Waals surface area contributed by atoms with Crippen molar-refractivity contribution >= 4 is 22.7 Å². The third-order valence-corrected chi connectivity index (χ3v) is 12.7. The third-order valence-electron chi connectivity index (χ3n) is 12.0. The molecule has 4 saturated carbocycles. The van der Waals surface area contributed by atoms with E-state index in [1.54, 1.807) is 13.0 Å². The summed E-state index contributed by atoms with van der Waals surface area (Å²) in [4.78, 5) is 32.8. The van der Waals surface area contributed by atoms with Gasteiger partial charge in [0.25, 0.3) is 0 Å². The highest BCUT2D eigenvalue weighted by molar-refractivity contribution is 8.13. The maximum absolute atomic E-state index is 17.5. The minimum atomic E-state index is -1.96. The Kier molecular flexibility index (Phi) is 6.39. The molecule has 3 unspecified atom stereocenters. The van der Waals surface area contributed by atoms with Gasteiger partial charge in [-0.2, -0.15) is 5.06 Å². The first kappa shape index (κ1) is 27.1. The molecular formula is C30H41F2NO4S. The zero-order chi connectivity index (χ0) is 27.3. The van der Waals surface area contributed by atoms with Crippen LogP contribution in [0.5, 0.6) is 0 Å². The van der Waals surface area contributed by atoms with Crippen LogP contribution in [0.25, 0.3) is 0 Å². The Hall–Kier alpha value is -1.09. The second kappa shape index (κ2) is 8.95. The molecule has 0 spiro atoms. The van der Waals surface area contributed by atoms with Gasteiger partial charge in [0.2, 0.25) is 5.12 Å². The zero-order valence-electron chi connectivity index (χ0n) is 22.9. The van der Waals surface area contributed by atoms with Crippen molar-refractivity contribution in [2.75, 3.05) is 12.6 Å². The van der Waals surface area contributed by atoms with Gasteiger partial charge in [0.05, 0.1) is 6.10 Å². The van der Waals surface area contributed by atoms with Gasteiger partial charge < -0.3 is 5.11 Å². The molecule has 6 aliphatic rings. The number of hydrogen-bond donors (Lipinski definition) is 1. The lowest BCUT2D eigenvalue weighted by molar-refractivity contribution is -0.273. The number of aliphatic hydroxyl groups excluding tert-OH is 1. The Labute approximate surface area is 228 Å². The van der Waals surface area contributed by atoms with Crippen LogP contribution in [0.15, 0.2) is 23.8 Å². The van der Waals surface area contributed by atoms with E-state index >= 15 is 4.39 Å². The van der Waals surface area contributed by atoms with Crippen molar-refractivity contribution in [3.8, 4) is 0 Å². The highest BCUT2D eigenvalue weighted by atomic mass is 32.2. The van der Waals surface area contributed by atoms with Gasteiger partial charge in [-0.1, -0.05) is 50.6 Å². The second-order valence-corrected chi connectivity index (χ2v) is 14.3. The Balaban J connectivity index is 1.39. The molecule has 0 aromatic carbocycles. The monoisotopic (exact) mass is 549 g/mol. The van der Waals surface area contributed by atoms with E-state index in [0.29, 0.717) is 49.4 Å². The summed E-state index contributed by atoms with van der Waals surface area (Å²) in [6, 6.07) is -0.633. The number of hydroxylamine groups is 2. The number of thioether (sulfide) groups is 1. The summed E-state index contributed by atoms with van der Waals surface area (Å²) >= 11 is 0.657. The van der Waals surface area contributed by atoms with Crippen LogP contribution < -0.4 is 0 Å². The number of carbonyl (C=O) groups excluding carboxylic acids is 2. The van der Waals surface area contributed by atoms with Crippen molar-refractivity contribution in [3.05, 3.63) is 23.8 Å². The van der Waals surface area contributed by atoms with Gasteiger partial charge in [0.1, 0.15) is 6.01 Å². The van der Waals surface area contributed by atoms with Gasteiger partial charge in [-0.15, -0.1) is 0 Å². The number of rotatable bonds is 4. The molecule has 0 aromatic rings. The van der Waals surface area contributed by atoms with Gasteiger partial charge in [-0.25, -0.2) is 8.78 Å². The Morgan fingerprint density at radius 2 is 2.03 bits per heavy atom. The van der Waals surface area contributed by atoms with E-state index in [2.05, 4.69) is 13.8 Å². The Bertz CT molecular complexity index is 1100. The lowest BCUT2D eigenvalue weighted by atomic mass is 9.45. The fourth-order valence-electron chi connectivity index (χ4n) is 10.1. The SMILES string of the molecule is CCC1CC(C)C(N2C[C@@H]3C[C@H]4[C@@H]5CCC6=CC(=O)C=C[C@]6(C)[C@@]5(F)[C@@H](O)C[C@]4(C)[C@]3(C(=O)SCF)O2)C1. The lowest BCUT2D eigenvalue weighted by Crippen LogP contribution is -2.69.